The van der Waals surface area contributed by atoms with Gasteiger partial charge in [0.1, 0.15) is 17.7 Å². The van der Waals surface area contributed by atoms with E-state index in [1.54, 1.807) is 49.8 Å². The van der Waals surface area contributed by atoms with Crippen LogP contribution in [0, 0.1) is 5.82 Å². The average Bonchev–Trinajstić information content (AvgIpc) is 3.46. The Labute approximate surface area is 245 Å². The molecule has 12 heteroatoms. The highest BCUT2D eigenvalue weighted by Gasteiger charge is 2.37. The molecule has 3 aromatic carbocycles. The standard InChI is InChI=1S/C30H26ClF4N3O3S/c1-20(29-25(31)8-3-9-26(29)32)15-21-10-11-28-27(16-21)38(18-23(41-28)6-4-13-37-14-12-36-19-37)42(39,40)24-7-2-5-22(17-24)30(33,34)35/h2-3,5,7-12,14-17,19,23H,4,6,13,18H2,1H3. The fourth-order valence-corrected chi connectivity index (χ4v) is 6.73. The zero-order valence-electron chi connectivity index (χ0n) is 22.4. The van der Waals surface area contributed by atoms with Crippen LogP contribution in [0.15, 0.2) is 84.3 Å². The second-order valence-electron chi connectivity index (χ2n) is 9.90. The van der Waals surface area contributed by atoms with Gasteiger partial charge in [-0.25, -0.2) is 17.8 Å². The minimum absolute atomic E-state index is 0.110. The third-order valence-corrected chi connectivity index (χ3v) is 9.00. The molecule has 0 spiro atoms. The van der Waals surface area contributed by atoms with Crippen LogP contribution < -0.4 is 9.04 Å². The predicted octanol–water partition coefficient (Wildman–Crippen LogP) is 7.69. The van der Waals surface area contributed by atoms with Gasteiger partial charge in [0.05, 0.1) is 34.0 Å². The Morgan fingerprint density at radius 3 is 2.64 bits per heavy atom. The van der Waals surface area contributed by atoms with Crippen LogP contribution in [0.3, 0.4) is 0 Å². The van der Waals surface area contributed by atoms with Gasteiger partial charge in [-0.3, -0.25) is 4.31 Å². The van der Waals surface area contributed by atoms with E-state index in [9.17, 15) is 26.0 Å². The van der Waals surface area contributed by atoms with Crippen molar-refractivity contribution in [2.24, 2.45) is 0 Å². The third-order valence-electron chi connectivity index (χ3n) is 6.91. The molecule has 0 saturated carbocycles. The SMILES string of the molecule is CC(=Cc1ccc2c(c1)N(S(=O)(=O)c1cccc(C(F)(F)F)c1)CC(CCCn1ccnc1)O2)c1c(F)cccc1Cl. The fourth-order valence-electron chi connectivity index (χ4n) is 4.87. The van der Waals surface area contributed by atoms with Crippen molar-refractivity contribution in [3.63, 3.8) is 0 Å². The van der Waals surface area contributed by atoms with Crippen LogP contribution in [0.4, 0.5) is 23.2 Å². The lowest BCUT2D eigenvalue weighted by Gasteiger charge is -2.36. The van der Waals surface area contributed by atoms with Crippen LogP contribution in [0.2, 0.25) is 5.02 Å². The second-order valence-corrected chi connectivity index (χ2v) is 12.2. The Morgan fingerprint density at radius 2 is 1.93 bits per heavy atom. The van der Waals surface area contributed by atoms with Gasteiger partial charge in [0.2, 0.25) is 0 Å². The molecule has 1 unspecified atom stereocenters. The molecule has 1 aliphatic heterocycles. The van der Waals surface area contributed by atoms with Gasteiger partial charge in [-0.2, -0.15) is 13.2 Å². The molecule has 4 aromatic rings. The van der Waals surface area contributed by atoms with Crippen molar-refractivity contribution < 1.29 is 30.7 Å². The van der Waals surface area contributed by atoms with Crippen molar-refractivity contribution in [2.45, 2.75) is 43.5 Å². The summed E-state index contributed by atoms with van der Waals surface area (Å²) in [5, 5.41) is 0.220. The van der Waals surface area contributed by atoms with Crippen molar-refractivity contribution in [3.8, 4) is 5.75 Å². The highest BCUT2D eigenvalue weighted by Crippen LogP contribution is 2.40. The van der Waals surface area contributed by atoms with Crippen LogP contribution >= 0.6 is 11.6 Å². The van der Waals surface area contributed by atoms with Crippen LogP contribution in [0.25, 0.3) is 11.6 Å². The van der Waals surface area contributed by atoms with E-state index in [0.717, 1.165) is 22.5 Å². The van der Waals surface area contributed by atoms with Crippen molar-refractivity contribution in [3.05, 3.63) is 107 Å². The Balaban J connectivity index is 1.52. The van der Waals surface area contributed by atoms with E-state index >= 15 is 0 Å². The van der Waals surface area contributed by atoms with Crippen molar-refractivity contribution in [1.29, 1.82) is 0 Å². The van der Waals surface area contributed by atoms with E-state index in [-0.39, 0.29) is 28.6 Å². The Morgan fingerprint density at radius 1 is 1.14 bits per heavy atom. The molecular weight excluding hydrogens is 594 g/mol. The molecule has 1 aromatic heterocycles. The maximum absolute atomic E-state index is 14.5. The summed E-state index contributed by atoms with van der Waals surface area (Å²) >= 11 is 6.22. The molecule has 1 aliphatic rings. The molecule has 0 radical (unpaired) electrons. The van der Waals surface area contributed by atoms with Crippen LogP contribution in [0.1, 0.15) is 36.5 Å². The number of fused-ring (bicyclic) bond motifs is 1. The number of halogens is 5. The zero-order valence-corrected chi connectivity index (χ0v) is 23.9. The van der Waals surface area contributed by atoms with E-state index in [1.807, 2.05) is 10.8 Å². The van der Waals surface area contributed by atoms with Gasteiger partial charge in [0.15, 0.2) is 0 Å². The summed E-state index contributed by atoms with van der Waals surface area (Å²) in [6.07, 6.45) is 2.66. The summed E-state index contributed by atoms with van der Waals surface area (Å²) in [5.74, 6) is -0.243. The topological polar surface area (TPSA) is 64.4 Å². The minimum Gasteiger partial charge on any atom is -0.486 e. The first-order valence-corrected chi connectivity index (χ1v) is 14.8. The molecule has 0 amide bonds. The summed E-state index contributed by atoms with van der Waals surface area (Å²) in [6.45, 7) is 2.20. The van der Waals surface area contributed by atoms with Gasteiger partial charge in [-0.05, 0) is 73.4 Å². The molecule has 0 N–H and O–H groups in total. The maximum Gasteiger partial charge on any atom is 0.416 e. The summed E-state index contributed by atoms with van der Waals surface area (Å²) < 4.78 is 91.8. The number of imidazole rings is 1. The van der Waals surface area contributed by atoms with Crippen LogP contribution in [-0.2, 0) is 22.7 Å². The molecule has 0 fully saturated rings. The molecule has 42 heavy (non-hydrogen) atoms. The lowest BCUT2D eigenvalue weighted by atomic mass is 10.0. The summed E-state index contributed by atoms with van der Waals surface area (Å²) in [6, 6.07) is 12.9. The number of hydrogen-bond acceptors (Lipinski definition) is 4. The van der Waals surface area contributed by atoms with E-state index in [0.29, 0.717) is 36.6 Å². The van der Waals surface area contributed by atoms with Gasteiger partial charge in [-0.15, -0.1) is 0 Å². The Hall–Kier alpha value is -3.83. The van der Waals surface area contributed by atoms with Gasteiger partial charge in [-0.1, -0.05) is 35.9 Å². The number of rotatable bonds is 8. The third kappa shape index (κ3) is 6.32. The van der Waals surface area contributed by atoms with Gasteiger partial charge >= 0.3 is 6.18 Å². The van der Waals surface area contributed by atoms with E-state index in [2.05, 4.69) is 4.98 Å². The molecule has 0 aliphatic carbocycles. The number of hydrogen-bond donors (Lipinski definition) is 0. The number of ether oxygens (including phenoxy) is 1. The van der Waals surface area contributed by atoms with Crippen molar-refractivity contribution in [2.75, 3.05) is 10.8 Å². The summed E-state index contributed by atoms with van der Waals surface area (Å²) in [5.41, 5.74) is 0.332. The van der Waals surface area contributed by atoms with Gasteiger partial charge in [0.25, 0.3) is 10.0 Å². The number of nitrogens with zero attached hydrogens (tertiary/aromatic N) is 3. The number of anilines is 1. The first-order valence-electron chi connectivity index (χ1n) is 13.0. The predicted molar refractivity (Wildman–Crippen MR) is 153 cm³/mol. The van der Waals surface area contributed by atoms with Crippen LogP contribution in [0.5, 0.6) is 5.75 Å². The molecule has 1 atom stereocenters. The fraction of sp³-hybridized carbons (Fsp3) is 0.233. The number of aromatic nitrogens is 2. The molecule has 6 nitrogen and oxygen atoms in total. The van der Waals surface area contributed by atoms with Crippen LogP contribution in [-0.4, -0.2) is 30.6 Å². The molecule has 0 bridgehead atoms. The molecule has 0 saturated heterocycles. The lowest BCUT2D eigenvalue weighted by molar-refractivity contribution is -0.137. The molecule has 220 valence electrons. The smallest absolute Gasteiger partial charge is 0.416 e. The summed E-state index contributed by atoms with van der Waals surface area (Å²) in [7, 11) is -4.43. The van der Waals surface area contributed by atoms with Crippen molar-refractivity contribution in [1.82, 2.24) is 9.55 Å². The maximum atomic E-state index is 14.5. The first-order chi connectivity index (χ1) is 19.9. The summed E-state index contributed by atoms with van der Waals surface area (Å²) in [4.78, 5) is 3.52. The average molecular weight is 620 g/mol. The number of aryl methyl sites for hydroxylation is 1. The molecule has 2 heterocycles. The number of allylic oxidation sites excluding steroid dienone is 1. The van der Waals surface area contributed by atoms with E-state index in [4.69, 9.17) is 16.3 Å². The quantitative estimate of drug-likeness (QED) is 0.150. The van der Waals surface area contributed by atoms with Gasteiger partial charge < -0.3 is 9.30 Å². The highest BCUT2D eigenvalue weighted by atomic mass is 35.5. The van der Waals surface area contributed by atoms with Crippen molar-refractivity contribution >= 4 is 39.0 Å². The number of sulfonamides is 1. The molecular formula is C30H26ClF4N3O3S. The number of benzene rings is 3. The van der Waals surface area contributed by atoms with Gasteiger partial charge in [0, 0.05) is 24.5 Å². The van der Waals surface area contributed by atoms with E-state index in [1.165, 1.54) is 12.1 Å². The minimum atomic E-state index is -4.71. The Bertz CT molecular complexity index is 1700. The highest BCUT2D eigenvalue weighted by molar-refractivity contribution is 7.92. The van der Waals surface area contributed by atoms with E-state index < -0.39 is 38.6 Å². The number of alkyl halides is 3. The first kappa shape index (κ1) is 29.7. The molecule has 5 rings (SSSR count). The second kappa shape index (κ2) is 11.8. The largest absolute Gasteiger partial charge is 0.486 e. The normalized spacial score (nSPS) is 15.8. The zero-order chi connectivity index (χ0) is 30.1. The lowest BCUT2D eigenvalue weighted by Crippen LogP contribution is -2.43. The monoisotopic (exact) mass is 619 g/mol. The Kier molecular flexibility index (Phi) is 8.34.